The van der Waals surface area contributed by atoms with Crippen LogP contribution in [0.3, 0.4) is 0 Å². The predicted octanol–water partition coefficient (Wildman–Crippen LogP) is 6.02. The lowest BCUT2D eigenvalue weighted by Gasteiger charge is -2.23. The molecule has 2 aromatic rings. The summed E-state index contributed by atoms with van der Waals surface area (Å²) < 4.78 is 0. The average molecular weight is 365 g/mol. The molecule has 1 saturated carbocycles. The molecule has 144 valence electrons. The van der Waals surface area contributed by atoms with Gasteiger partial charge in [-0.2, -0.15) is 0 Å². The molecule has 0 saturated heterocycles. The molecule has 0 unspecified atom stereocenters. The summed E-state index contributed by atoms with van der Waals surface area (Å²) in [5.74, 6) is 0.0534. The maximum atomic E-state index is 13.1. The number of anilines is 1. The van der Waals surface area contributed by atoms with Crippen molar-refractivity contribution in [2.75, 3.05) is 11.9 Å². The van der Waals surface area contributed by atoms with Gasteiger partial charge in [-0.1, -0.05) is 75.4 Å². The SMILES string of the molecule is CCCCCNc1ccc(-c2ccccc2)cc1C(=O)NC1CCCCC1. The molecule has 2 N–H and O–H groups in total. The van der Waals surface area contributed by atoms with Gasteiger partial charge in [0.1, 0.15) is 0 Å². The van der Waals surface area contributed by atoms with E-state index in [1.165, 1.54) is 32.1 Å². The summed E-state index contributed by atoms with van der Waals surface area (Å²) in [5.41, 5.74) is 3.93. The van der Waals surface area contributed by atoms with Crippen LogP contribution in [-0.2, 0) is 0 Å². The molecular weight excluding hydrogens is 332 g/mol. The molecule has 0 atom stereocenters. The van der Waals surface area contributed by atoms with E-state index in [-0.39, 0.29) is 5.91 Å². The molecular formula is C24H32N2O. The first kappa shape index (κ1) is 19.5. The Kier molecular flexibility index (Phi) is 7.32. The van der Waals surface area contributed by atoms with Crippen molar-refractivity contribution in [3.63, 3.8) is 0 Å². The standard InChI is InChI=1S/C24H32N2O/c1-2-3-10-17-25-23-16-15-20(19-11-6-4-7-12-19)18-22(23)24(27)26-21-13-8-5-9-14-21/h4,6-7,11-12,15-16,18,21,25H,2-3,5,8-10,13-14,17H2,1H3,(H,26,27). The Labute approximate surface area is 163 Å². The molecule has 1 amide bonds. The molecule has 0 radical (unpaired) electrons. The van der Waals surface area contributed by atoms with E-state index < -0.39 is 0 Å². The van der Waals surface area contributed by atoms with Gasteiger partial charge in [0, 0.05) is 18.3 Å². The Balaban J connectivity index is 1.80. The highest BCUT2D eigenvalue weighted by Crippen LogP contribution is 2.26. The molecule has 27 heavy (non-hydrogen) atoms. The van der Waals surface area contributed by atoms with Gasteiger partial charge in [-0.05, 0) is 42.5 Å². The predicted molar refractivity (Wildman–Crippen MR) is 114 cm³/mol. The molecule has 1 fully saturated rings. The van der Waals surface area contributed by atoms with Crippen molar-refractivity contribution >= 4 is 11.6 Å². The number of amides is 1. The van der Waals surface area contributed by atoms with Gasteiger partial charge < -0.3 is 10.6 Å². The van der Waals surface area contributed by atoms with Gasteiger partial charge in [-0.25, -0.2) is 0 Å². The molecule has 1 aliphatic rings. The fourth-order valence-corrected chi connectivity index (χ4v) is 3.80. The fourth-order valence-electron chi connectivity index (χ4n) is 3.80. The minimum absolute atomic E-state index is 0.0534. The number of rotatable bonds is 8. The molecule has 3 heteroatoms. The second-order valence-electron chi connectivity index (χ2n) is 7.57. The van der Waals surface area contributed by atoms with E-state index in [1.807, 2.05) is 24.3 Å². The number of carbonyl (C=O) groups excluding carboxylic acids is 1. The number of hydrogen-bond donors (Lipinski definition) is 2. The first-order chi connectivity index (χ1) is 13.3. The van der Waals surface area contributed by atoms with E-state index in [0.29, 0.717) is 6.04 Å². The molecule has 0 bridgehead atoms. The molecule has 0 aliphatic heterocycles. The van der Waals surface area contributed by atoms with Crippen LogP contribution in [0.15, 0.2) is 48.5 Å². The minimum atomic E-state index is 0.0534. The van der Waals surface area contributed by atoms with Crippen LogP contribution in [0, 0.1) is 0 Å². The zero-order chi connectivity index (χ0) is 18.9. The fraction of sp³-hybridized carbons (Fsp3) is 0.458. The summed E-state index contributed by atoms with van der Waals surface area (Å²) in [7, 11) is 0. The molecule has 3 rings (SSSR count). The molecule has 0 spiro atoms. The van der Waals surface area contributed by atoms with Crippen molar-refractivity contribution in [2.45, 2.75) is 64.3 Å². The Bertz CT molecular complexity index is 720. The van der Waals surface area contributed by atoms with Gasteiger partial charge in [0.15, 0.2) is 0 Å². The topological polar surface area (TPSA) is 41.1 Å². The summed E-state index contributed by atoms with van der Waals surface area (Å²) in [4.78, 5) is 13.1. The highest BCUT2D eigenvalue weighted by molar-refractivity contribution is 6.01. The van der Waals surface area contributed by atoms with Crippen molar-refractivity contribution in [1.29, 1.82) is 0 Å². The van der Waals surface area contributed by atoms with Crippen LogP contribution in [0.1, 0.15) is 68.6 Å². The zero-order valence-corrected chi connectivity index (χ0v) is 16.5. The Morgan fingerprint density at radius 1 is 0.963 bits per heavy atom. The van der Waals surface area contributed by atoms with Crippen LogP contribution in [0.4, 0.5) is 5.69 Å². The van der Waals surface area contributed by atoms with E-state index in [4.69, 9.17) is 0 Å². The summed E-state index contributed by atoms with van der Waals surface area (Å²) in [6.45, 7) is 3.11. The summed E-state index contributed by atoms with van der Waals surface area (Å²) in [6.07, 6.45) is 9.46. The minimum Gasteiger partial charge on any atom is -0.384 e. The second kappa shape index (κ2) is 10.1. The maximum absolute atomic E-state index is 13.1. The van der Waals surface area contributed by atoms with E-state index >= 15 is 0 Å². The monoisotopic (exact) mass is 364 g/mol. The first-order valence-electron chi connectivity index (χ1n) is 10.5. The smallest absolute Gasteiger partial charge is 0.253 e. The van der Waals surface area contributed by atoms with Crippen LogP contribution in [0.5, 0.6) is 0 Å². The van der Waals surface area contributed by atoms with E-state index in [1.54, 1.807) is 0 Å². The third kappa shape index (κ3) is 5.59. The number of carbonyl (C=O) groups is 1. The van der Waals surface area contributed by atoms with Crippen molar-refractivity contribution in [3.05, 3.63) is 54.1 Å². The molecule has 0 heterocycles. The van der Waals surface area contributed by atoms with Gasteiger partial charge in [0.05, 0.1) is 5.56 Å². The Morgan fingerprint density at radius 3 is 2.48 bits per heavy atom. The van der Waals surface area contributed by atoms with Gasteiger partial charge in [0.2, 0.25) is 0 Å². The van der Waals surface area contributed by atoms with Crippen molar-refractivity contribution in [3.8, 4) is 11.1 Å². The van der Waals surface area contributed by atoms with E-state index in [0.717, 1.165) is 48.2 Å². The van der Waals surface area contributed by atoms with Crippen molar-refractivity contribution < 1.29 is 4.79 Å². The number of hydrogen-bond acceptors (Lipinski definition) is 2. The quantitative estimate of drug-likeness (QED) is 0.562. The maximum Gasteiger partial charge on any atom is 0.253 e. The number of unbranched alkanes of at least 4 members (excludes halogenated alkanes) is 2. The van der Waals surface area contributed by atoms with Gasteiger partial charge in [0.25, 0.3) is 5.91 Å². The van der Waals surface area contributed by atoms with E-state index in [9.17, 15) is 4.79 Å². The van der Waals surface area contributed by atoms with Crippen molar-refractivity contribution in [1.82, 2.24) is 5.32 Å². The largest absolute Gasteiger partial charge is 0.384 e. The lowest BCUT2D eigenvalue weighted by Crippen LogP contribution is -2.36. The highest BCUT2D eigenvalue weighted by Gasteiger charge is 2.19. The van der Waals surface area contributed by atoms with Gasteiger partial charge >= 0.3 is 0 Å². The van der Waals surface area contributed by atoms with Gasteiger partial charge in [-0.3, -0.25) is 4.79 Å². The Morgan fingerprint density at radius 2 is 1.74 bits per heavy atom. The van der Waals surface area contributed by atoms with E-state index in [2.05, 4.69) is 41.8 Å². The van der Waals surface area contributed by atoms with Crippen LogP contribution < -0.4 is 10.6 Å². The average Bonchev–Trinajstić information content (AvgIpc) is 2.72. The second-order valence-corrected chi connectivity index (χ2v) is 7.57. The summed E-state index contributed by atoms with van der Waals surface area (Å²) in [5, 5.41) is 6.76. The lowest BCUT2D eigenvalue weighted by molar-refractivity contribution is 0.0928. The molecule has 2 aromatic carbocycles. The zero-order valence-electron chi connectivity index (χ0n) is 16.5. The normalized spacial score (nSPS) is 14.7. The van der Waals surface area contributed by atoms with Crippen LogP contribution in [0.2, 0.25) is 0 Å². The van der Waals surface area contributed by atoms with Crippen LogP contribution in [-0.4, -0.2) is 18.5 Å². The first-order valence-corrected chi connectivity index (χ1v) is 10.5. The molecule has 0 aromatic heterocycles. The molecule has 3 nitrogen and oxygen atoms in total. The highest BCUT2D eigenvalue weighted by atomic mass is 16.1. The third-order valence-electron chi connectivity index (χ3n) is 5.41. The number of nitrogens with one attached hydrogen (secondary N) is 2. The lowest BCUT2D eigenvalue weighted by atomic mass is 9.95. The third-order valence-corrected chi connectivity index (χ3v) is 5.41. The Hall–Kier alpha value is -2.29. The summed E-state index contributed by atoms with van der Waals surface area (Å²) >= 11 is 0. The van der Waals surface area contributed by atoms with Crippen molar-refractivity contribution in [2.24, 2.45) is 0 Å². The van der Waals surface area contributed by atoms with Gasteiger partial charge in [-0.15, -0.1) is 0 Å². The molecule has 1 aliphatic carbocycles. The summed E-state index contributed by atoms with van der Waals surface area (Å²) in [6, 6.07) is 16.8. The number of benzene rings is 2. The van der Waals surface area contributed by atoms with Crippen LogP contribution >= 0.6 is 0 Å². The van der Waals surface area contributed by atoms with Crippen LogP contribution in [0.25, 0.3) is 11.1 Å².